The van der Waals surface area contributed by atoms with Crippen molar-refractivity contribution in [3.05, 3.63) is 29.8 Å². The molecule has 0 saturated heterocycles. The van der Waals surface area contributed by atoms with E-state index in [2.05, 4.69) is 4.72 Å². The number of sulfonamides is 1. The highest BCUT2D eigenvalue weighted by atomic mass is 32.2. The van der Waals surface area contributed by atoms with Gasteiger partial charge >= 0.3 is 0 Å². The second-order valence-electron chi connectivity index (χ2n) is 3.62. The van der Waals surface area contributed by atoms with Crippen molar-refractivity contribution in [2.45, 2.75) is 13.0 Å². The number of ether oxygens (including phenoxy) is 1. The first kappa shape index (κ1) is 14.0. The van der Waals surface area contributed by atoms with Gasteiger partial charge in [-0.3, -0.25) is 0 Å². The molecule has 0 aliphatic rings. The molecule has 1 aromatic carbocycles. The minimum atomic E-state index is -3.31. The third-order valence-electron chi connectivity index (χ3n) is 2.24. The summed E-state index contributed by atoms with van der Waals surface area (Å²) in [6, 6.07) is 6.63. The number of nitrogens with one attached hydrogen (secondary N) is 1. The molecule has 0 atom stereocenters. The first-order chi connectivity index (χ1) is 8.05. The van der Waals surface area contributed by atoms with Crippen LogP contribution in [0.3, 0.4) is 0 Å². The lowest BCUT2D eigenvalue weighted by Crippen LogP contribution is -2.26. The van der Waals surface area contributed by atoms with Gasteiger partial charge in [-0.2, -0.15) is 0 Å². The molecule has 1 aromatic rings. The number of para-hydroxylation sites is 1. The van der Waals surface area contributed by atoms with Crippen molar-refractivity contribution in [2.24, 2.45) is 0 Å². The predicted octanol–water partition coefficient (Wildman–Crippen LogP) is 0.848. The summed E-state index contributed by atoms with van der Waals surface area (Å²) >= 11 is 0. The number of phenolic OH excluding ortho intramolecular Hbond substituents is 1. The summed E-state index contributed by atoms with van der Waals surface area (Å²) in [6.07, 6.45) is 0.451. The number of hydrogen-bond acceptors (Lipinski definition) is 4. The molecule has 0 unspecified atom stereocenters. The van der Waals surface area contributed by atoms with Gasteiger partial charge in [0.1, 0.15) is 5.75 Å². The minimum Gasteiger partial charge on any atom is -0.508 e. The Morgan fingerprint density at radius 2 is 2.06 bits per heavy atom. The topological polar surface area (TPSA) is 75.6 Å². The molecular weight excluding hydrogens is 242 g/mol. The van der Waals surface area contributed by atoms with E-state index in [9.17, 15) is 13.5 Å². The van der Waals surface area contributed by atoms with Crippen LogP contribution in [-0.4, -0.2) is 33.0 Å². The van der Waals surface area contributed by atoms with Crippen LogP contribution < -0.4 is 4.72 Å². The minimum absolute atomic E-state index is 0.0223. The summed E-state index contributed by atoms with van der Waals surface area (Å²) in [6.45, 7) is 0.513. The molecule has 0 radical (unpaired) electrons. The van der Waals surface area contributed by atoms with Crippen molar-refractivity contribution in [3.8, 4) is 5.75 Å². The van der Waals surface area contributed by atoms with Gasteiger partial charge in [-0.25, -0.2) is 13.1 Å². The summed E-state index contributed by atoms with van der Waals surface area (Å²) in [5, 5.41) is 9.47. The molecule has 0 fully saturated rings. The third kappa shape index (κ3) is 5.16. The largest absolute Gasteiger partial charge is 0.508 e. The Labute approximate surface area is 101 Å². The van der Waals surface area contributed by atoms with Crippen LogP contribution in [0.5, 0.6) is 5.75 Å². The van der Waals surface area contributed by atoms with Crippen molar-refractivity contribution in [3.63, 3.8) is 0 Å². The normalized spacial score (nSPS) is 11.6. The molecule has 1 rings (SSSR count). The molecule has 5 nitrogen and oxygen atoms in total. The molecule has 96 valence electrons. The van der Waals surface area contributed by atoms with Crippen molar-refractivity contribution < 1.29 is 18.3 Å². The van der Waals surface area contributed by atoms with Gasteiger partial charge in [0.25, 0.3) is 0 Å². The molecule has 0 aromatic heterocycles. The van der Waals surface area contributed by atoms with Crippen LogP contribution in [0.1, 0.15) is 12.0 Å². The Morgan fingerprint density at radius 3 is 2.71 bits per heavy atom. The number of rotatable bonds is 7. The summed E-state index contributed by atoms with van der Waals surface area (Å²) in [5.74, 6) is 0.112. The van der Waals surface area contributed by atoms with Crippen molar-refractivity contribution >= 4 is 10.0 Å². The first-order valence-corrected chi connectivity index (χ1v) is 6.93. The van der Waals surface area contributed by atoms with Crippen LogP contribution in [-0.2, 0) is 21.3 Å². The number of methoxy groups -OCH3 is 1. The SMILES string of the molecule is COCCCS(=O)(=O)NCc1ccccc1O. The van der Waals surface area contributed by atoms with E-state index in [1.807, 2.05) is 0 Å². The first-order valence-electron chi connectivity index (χ1n) is 5.28. The van der Waals surface area contributed by atoms with Crippen LogP contribution in [0.2, 0.25) is 0 Å². The van der Waals surface area contributed by atoms with Gasteiger partial charge in [-0.1, -0.05) is 18.2 Å². The number of benzene rings is 1. The predicted molar refractivity (Wildman–Crippen MR) is 65.2 cm³/mol. The van der Waals surface area contributed by atoms with Crippen molar-refractivity contribution in [2.75, 3.05) is 19.5 Å². The maximum atomic E-state index is 11.5. The van der Waals surface area contributed by atoms with Crippen LogP contribution in [0.4, 0.5) is 0 Å². The van der Waals surface area contributed by atoms with Crippen LogP contribution >= 0.6 is 0 Å². The van der Waals surface area contributed by atoms with E-state index in [4.69, 9.17) is 4.74 Å². The third-order valence-corrected chi connectivity index (χ3v) is 3.65. The monoisotopic (exact) mass is 259 g/mol. The van der Waals surface area contributed by atoms with E-state index in [0.29, 0.717) is 18.6 Å². The quantitative estimate of drug-likeness (QED) is 0.712. The van der Waals surface area contributed by atoms with Gasteiger partial charge in [-0.15, -0.1) is 0 Å². The van der Waals surface area contributed by atoms with Crippen molar-refractivity contribution in [1.82, 2.24) is 4.72 Å². The fraction of sp³-hybridized carbons (Fsp3) is 0.455. The fourth-order valence-corrected chi connectivity index (χ4v) is 2.33. The molecule has 0 amide bonds. The molecule has 0 aliphatic carbocycles. The molecule has 0 spiro atoms. The average molecular weight is 259 g/mol. The maximum Gasteiger partial charge on any atom is 0.211 e. The second-order valence-corrected chi connectivity index (χ2v) is 5.54. The van der Waals surface area contributed by atoms with Crippen molar-refractivity contribution in [1.29, 1.82) is 0 Å². The Kier molecular flexibility index (Phi) is 5.40. The van der Waals surface area contributed by atoms with E-state index in [1.165, 1.54) is 13.2 Å². The lowest BCUT2D eigenvalue weighted by atomic mass is 10.2. The van der Waals surface area contributed by atoms with E-state index >= 15 is 0 Å². The molecule has 0 saturated carbocycles. The summed E-state index contributed by atoms with van der Waals surface area (Å²) in [7, 11) is -1.78. The molecular formula is C11H17NO4S. The zero-order chi connectivity index (χ0) is 12.7. The van der Waals surface area contributed by atoms with Gasteiger partial charge in [0, 0.05) is 25.8 Å². The molecule has 6 heteroatoms. The van der Waals surface area contributed by atoms with Gasteiger partial charge in [0.05, 0.1) is 5.75 Å². The maximum absolute atomic E-state index is 11.5. The fourth-order valence-electron chi connectivity index (χ4n) is 1.31. The van der Waals surface area contributed by atoms with Gasteiger partial charge in [0.2, 0.25) is 10.0 Å². The smallest absolute Gasteiger partial charge is 0.211 e. The molecule has 17 heavy (non-hydrogen) atoms. The standard InChI is InChI=1S/C11H17NO4S/c1-16-7-4-8-17(14,15)12-9-10-5-2-3-6-11(10)13/h2-3,5-6,12-13H,4,7-9H2,1H3. The highest BCUT2D eigenvalue weighted by molar-refractivity contribution is 7.89. The van der Waals surface area contributed by atoms with Gasteiger partial charge in [0.15, 0.2) is 0 Å². The second kappa shape index (κ2) is 6.58. The van der Waals surface area contributed by atoms with E-state index in [-0.39, 0.29) is 18.0 Å². The Balaban J connectivity index is 2.47. The van der Waals surface area contributed by atoms with Crippen LogP contribution in [0, 0.1) is 0 Å². The van der Waals surface area contributed by atoms with E-state index < -0.39 is 10.0 Å². The van der Waals surface area contributed by atoms with E-state index in [1.54, 1.807) is 18.2 Å². The Bertz CT molecular complexity index is 445. The molecule has 2 N–H and O–H groups in total. The highest BCUT2D eigenvalue weighted by Crippen LogP contribution is 2.15. The Hall–Kier alpha value is -1.11. The molecule has 0 aliphatic heterocycles. The Morgan fingerprint density at radius 1 is 1.35 bits per heavy atom. The average Bonchev–Trinajstić information content (AvgIpc) is 2.28. The summed E-state index contributed by atoms with van der Waals surface area (Å²) in [4.78, 5) is 0. The zero-order valence-corrected chi connectivity index (χ0v) is 10.5. The van der Waals surface area contributed by atoms with Crippen LogP contribution in [0.25, 0.3) is 0 Å². The lowest BCUT2D eigenvalue weighted by molar-refractivity contribution is 0.199. The number of aromatic hydroxyl groups is 1. The molecule has 0 heterocycles. The summed E-state index contributed by atoms with van der Waals surface area (Å²) in [5.41, 5.74) is 0.558. The highest BCUT2D eigenvalue weighted by Gasteiger charge is 2.10. The molecule has 0 bridgehead atoms. The lowest BCUT2D eigenvalue weighted by Gasteiger charge is -2.07. The number of hydrogen-bond donors (Lipinski definition) is 2. The zero-order valence-electron chi connectivity index (χ0n) is 9.72. The number of phenols is 1. The van der Waals surface area contributed by atoms with Crippen LogP contribution in [0.15, 0.2) is 24.3 Å². The summed E-state index contributed by atoms with van der Waals surface area (Å²) < 4.78 is 30.3. The van der Waals surface area contributed by atoms with E-state index in [0.717, 1.165) is 0 Å². The van der Waals surface area contributed by atoms with Gasteiger partial charge in [-0.05, 0) is 12.5 Å². The van der Waals surface area contributed by atoms with Gasteiger partial charge < -0.3 is 9.84 Å².